The van der Waals surface area contributed by atoms with Gasteiger partial charge in [-0.3, -0.25) is 0 Å². The third-order valence-electron chi connectivity index (χ3n) is 1.37. The molecule has 0 amide bonds. The van der Waals surface area contributed by atoms with Crippen molar-refractivity contribution >= 4 is 35.7 Å². The van der Waals surface area contributed by atoms with Gasteiger partial charge in [-0.2, -0.15) is 8.42 Å². The number of hydrogen-bond donors (Lipinski definition) is 0. The molecule has 0 saturated heterocycles. The van der Waals surface area contributed by atoms with E-state index < -0.39 is 19.8 Å². The largest absolute Gasteiger partial charge is 0.290 e. The molecule has 0 aliphatic carbocycles. The standard InChI is InChI=1S/C8H10BrNO3S2/c1-14(2,11)10-15(12,13)8-5-3-4-7(9)6-8/h3-6H,1-2H3. The van der Waals surface area contributed by atoms with Crippen LogP contribution in [0.15, 0.2) is 37.4 Å². The average Bonchev–Trinajstić information content (AvgIpc) is 1.99. The van der Waals surface area contributed by atoms with Crippen LogP contribution in [0.5, 0.6) is 0 Å². The zero-order chi connectivity index (χ0) is 11.7. The van der Waals surface area contributed by atoms with E-state index in [0.29, 0.717) is 4.47 Å². The van der Waals surface area contributed by atoms with E-state index in [-0.39, 0.29) is 4.90 Å². The van der Waals surface area contributed by atoms with Crippen molar-refractivity contribution in [2.45, 2.75) is 4.90 Å². The summed E-state index contributed by atoms with van der Waals surface area (Å²) in [6.07, 6.45) is 2.56. The van der Waals surface area contributed by atoms with Crippen molar-refractivity contribution in [3.63, 3.8) is 0 Å². The topological polar surface area (TPSA) is 63.6 Å². The molecule has 0 atom stereocenters. The van der Waals surface area contributed by atoms with Gasteiger partial charge < -0.3 is 0 Å². The fraction of sp³-hybridized carbons (Fsp3) is 0.250. The summed E-state index contributed by atoms with van der Waals surface area (Å²) in [6.45, 7) is 0. The van der Waals surface area contributed by atoms with E-state index in [1.807, 2.05) is 0 Å². The van der Waals surface area contributed by atoms with Crippen LogP contribution in [0.25, 0.3) is 0 Å². The second kappa shape index (κ2) is 4.23. The van der Waals surface area contributed by atoms with Crippen molar-refractivity contribution in [1.82, 2.24) is 0 Å². The SMILES string of the molecule is CS(C)(=O)=NS(=O)(=O)c1cccc(Br)c1. The highest BCUT2D eigenvalue weighted by molar-refractivity contribution is 9.10. The number of benzene rings is 1. The lowest BCUT2D eigenvalue weighted by Gasteiger charge is -2.00. The first kappa shape index (κ1) is 12.7. The van der Waals surface area contributed by atoms with Crippen LogP contribution >= 0.6 is 15.9 Å². The van der Waals surface area contributed by atoms with E-state index in [1.165, 1.54) is 24.6 Å². The van der Waals surface area contributed by atoms with E-state index >= 15 is 0 Å². The normalized spacial score (nSPS) is 12.5. The number of sulfonamides is 1. The van der Waals surface area contributed by atoms with Gasteiger partial charge in [0.25, 0.3) is 10.0 Å². The summed E-state index contributed by atoms with van der Waals surface area (Å²) < 4.78 is 38.5. The van der Waals surface area contributed by atoms with Crippen LogP contribution in [0.3, 0.4) is 0 Å². The Labute approximate surface area is 98.1 Å². The van der Waals surface area contributed by atoms with Crippen LogP contribution in [0, 0.1) is 0 Å². The molecule has 7 heteroatoms. The first-order chi connectivity index (χ1) is 6.71. The molecule has 4 nitrogen and oxygen atoms in total. The summed E-state index contributed by atoms with van der Waals surface area (Å²) in [5.74, 6) is 0. The van der Waals surface area contributed by atoms with E-state index in [2.05, 4.69) is 19.7 Å². The van der Waals surface area contributed by atoms with Gasteiger partial charge in [0, 0.05) is 17.0 Å². The van der Waals surface area contributed by atoms with Crippen LogP contribution in [-0.4, -0.2) is 25.1 Å². The highest BCUT2D eigenvalue weighted by Crippen LogP contribution is 2.18. The molecule has 0 heterocycles. The number of nitrogens with zero attached hydrogens (tertiary/aromatic N) is 1. The van der Waals surface area contributed by atoms with E-state index in [4.69, 9.17) is 0 Å². The van der Waals surface area contributed by atoms with Gasteiger partial charge in [0.1, 0.15) is 0 Å². The van der Waals surface area contributed by atoms with Gasteiger partial charge in [0.2, 0.25) is 0 Å². The minimum atomic E-state index is -3.82. The summed E-state index contributed by atoms with van der Waals surface area (Å²) in [4.78, 5) is 0.0355. The van der Waals surface area contributed by atoms with E-state index in [0.717, 1.165) is 0 Å². The summed E-state index contributed by atoms with van der Waals surface area (Å²) in [7, 11) is -6.49. The second-order valence-corrected chi connectivity index (χ2v) is 8.48. The third-order valence-corrected chi connectivity index (χ3v) is 4.94. The Balaban J connectivity index is 3.38. The maximum atomic E-state index is 11.6. The van der Waals surface area contributed by atoms with Crippen molar-refractivity contribution in [1.29, 1.82) is 0 Å². The summed E-state index contributed by atoms with van der Waals surface area (Å²) in [5.41, 5.74) is 0. The van der Waals surface area contributed by atoms with Gasteiger partial charge in [0.05, 0.1) is 14.6 Å². The molecule has 0 aliphatic rings. The van der Waals surface area contributed by atoms with Gasteiger partial charge in [-0.25, -0.2) is 4.21 Å². The molecule has 0 unspecified atom stereocenters. The fourth-order valence-electron chi connectivity index (χ4n) is 0.907. The van der Waals surface area contributed by atoms with Crippen molar-refractivity contribution in [2.75, 3.05) is 12.5 Å². The Morgan fingerprint density at radius 2 is 1.80 bits per heavy atom. The van der Waals surface area contributed by atoms with E-state index in [9.17, 15) is 12.6 Å². The predicted octanol–water partition coefficient (Wildman–Crippen LogP) is 1.87. The Morgan fingerprint density at radius 1 is 1.20 bits per heavy atom. The highest BCUT2D eigenvalue weighted by Gasteiger charge is 2.14. The molecular weight excluding hydrogens is 302 g/mol. The molecule has 0 bridgehead atoms. The molecule has 0 radical (unpaired) electrons. The molecule has 1 aromatic rings. The predicted molar refractivity (Wildman–Crippen MR) is 63.7 cm³/mol. The highest BCUT2D eigenvalue weighted by atomic mass is 79.9. The van der Waals surface area contributed by atoms with E-state index in [1.54, 1.807) is 12.1 Å². The molecule has 0 fully saturated rings. The Bertz CT molecular complexity index is 578. The summed E-state index contributed by atoms with van der Waals surface area (Å²) >= 11 is 3.16. The molecule has 0 N–H and O–H groups in total. The molecule has 1 rings (SSSR count). The monoisotopic (exact) mass is 311 g/mol. The summed E-state index contributed by atoms with van der Waals surface area (Å²) in [6, 6.07) is 6.12. The lowest BCUT2D eigenvalue weighted by atomic mass is 10.4. The number of rotatable bonds is 2. The van der Waals surface area contributed by atoms with Crippen molar-refractivity contribution in [2.24, 2.45) is 3.77 Å². The first-order valence-corrected chi connectivity index (χ1v) is 8.46. The van der Waals surface area contributed by atoms with Crippen LogP contribution in [0.1, 0.15) is 0 Å². The lowest BCUT2D eigenvalue weighted by molar-refractivity contribution is 0.598. The quantitative estimate of drug-likeness (QED) is 0.837. The minimum absolute atomic E-state index is 0.0355. The maximum Gasteiger partial charge on any atom is 0.290 e. The Hall–Kier alpha value is -0.400. The molecule has 0 aliphatic heterocycles. The van der Waals surface area contributed by atoms with Crippen LogP contribution in [0.2, 0.25) is 0 Å². The second-order valence-electron chi connectivity index (χ2n) is 3.19. The van der Waals surface area contributed by atoms with Gasteiger partial charge in [0.15, 0.2) is 0 Å². The van der Waals surface area contributed by atoms with Crippen molar-refractivity contribution in [3.05, 3.63) is 28.7 Å². The average molecular weight is 312 g/mol. The zero-order valence-electron chi connectivity index (χ0n) is 8.18. The van der Waals surface area contributed by atoms with Crippen LogP contribution in [0.4, 0.5) is 0 Å². The van der Waals surface area contributed by atoms with Gasteiger partial charge in [-0.1, -0.05) is 22.0 Å². The molecular formula is C8H10BrNO3S2. The van der Waals surface area contributed by atoms with Crippen LogP contribution in [-0.2, 0) is 19.8 Å². The first-order valence-electron chi connectivity index (χ1n) is 3.90. The Kier molecular flexibility index (Phi) is 3.57. The molecule has 84 valence electrons. The fourth-order valence-corrected chi connectivity index (χ4v) is 4.22. The third kappa shape index (κ3) is 3.92. The molecule has 1 aromatic carbocycles. The zero-order valence-corrected chi connectivity index (χ0v) is 11.4. The van der Waals surface area contributed by atoms with Gasteiger partial charge in [-0.15, -0.1) is 3.77 Å². The lowest BCUT2D eigenvalue weighted by Crippen LogP contribution is -2.02. The summed E-state index contributed by atoms with van der Waals surface area (Å²) in [5, 5.41) is 0. The van der Waals surface area contributed by atoms with Gasteiger partial charge in [-0.05, 0) is 18.2 Å². The van der Waals surface area contributed by atoms with Crippen molar-refractivity contribution < 1.29 is 12.6 Å². The molecule has 0 saturated carbocycles. The number of halogens is 1. The molecule has 0 spiro atoms. The number of hydrogen-bond acceptors (Lipinski definition) is 3. The maximum absolute atomic E-state index is 11.6. The van der Waals surface area contributed by atoms with Gasteiger partial charge >= 0.3 is 0 Å². The molecule has 15 heavy (non-hydrogen) atoms. The Morgan fingerprint density at radius 3 is 2.27 bits per heavy atom. The van der Waals surface area contributed by atoms with Crippen molar-refractivity contribution in [3.8, 4) is 0 Å². The van der Waals surface area contributed by atoms with Crippen LogP contribution < -0.4 is 0 Å². The smallest absolute Gasteiger partial charge is 0.249 e. The minimum Gasteiger partial charge on any atom is -0.249 e. The molecule has 0 aromatic heterocycles.